The van der Waals surface area contributed by atoms with E-state index in [0.717, 1.165) is 18.7 Å². The largest absolute Gasteiger partial charge is 0.493 e. The summed E-state index contributed by atoms with van der Waals surface area (Å²) in [4.78, 5) is 12.3. The number of hydrogen-bond donors (Lipinski definition) is 2. The van der Waals surface area contributed by atoms with E-state index in [9.17, 15) is 4.79 Å². The van der Waals surface area contributed by atoms with Gasteiger partial charge in [0.05, 0.1) is 12.2 Å². The number of fused-ring (bicyclic) bond motifs is 1. The highest BCUT2D eigenvalue weighted by Crippen LogP contribution is 2.19. The van der Waals surface area contributed by atoms with Crippen molar-refractivity contribution in [2.75, 3.05) is 6.61 Å². The summed E-state index contributed by atoms with van der Waals surface area (Å²) < 4.78 is 5.50. The van der Waals surface area contributed by atoms with Gasteiger partial charge in [-0.2, -0.15) is 0 Å². The van der Waals surface area contributed by atoms with Gasteiger partial charge in [0.2, 0.25) is 0 Å². The van der Waals surface area contributed by atoms with Crippen molar-refractivity contribution in [2.24, 2.45) is 0 Å². The first-order chi connectivity index (χ1) is 10.8. The highest BCUT2D eigenvalue weighted by atomic mass is 35.5. The van der Waals surface area contributed by atoms with Crippen LogP contribution in [0, 0.1) is 0 Å². The minimum atomic E-state index is -0.109. The topological polar surface area (TPSA) is 50.4 Å². The van der Waals surface area contributed by atoms with Crippen LogP contribution in [-0.2, 0) is 19.6 Å². The van der Waals surface area contributed by atoms with Gasteiger partial charge in [-0.1, -0.05) is 30.3 Å². The van der Waals surface area contributed by atoms with Crippen LogP contribution < -0.4 is 15.4 Å². The summed E-state index contributed by atoms with van der Waals surface area (Å²) in [5.74, 6) is 0.517. The quantitative estimate of drug-likeness (QED) is 0.884. The minimum absolute atomic E-state index is 0. The molecule has 1 amide bonds. The van der Waals surface area contributed by atoms with Gasteiger partial charge in [0.25, 0.3) is 5.91 Å². The highest BCUT2D eigenvalue weighted by molar-refractivity contribution is 5.96. The fourth-order valence-electron chi connectivity index (χ4n) is 2.67. The molecule has 2 aromatic rings. The number of benzene rings is 2. The standard InChI is InChI=1S/C18H20N2O2.ClH/c1-2-22-17-6-4-3-5-16(17)18(21)20-10-13-7-8-14-11-19-12-15(14)9-13;/h3-9,19H,2,10-12H2,1H3,(H,20,21);1H. The van der Waals surface area contributed by atoms with Gasteiger partial charge in [-0.05, 0) is 35.7 Å². The number of carbonyl (C=O) groups is 1. The summed E-state index contributed by atoms with van der Waals surface area (Å²) in [7, 11) is 0. The van der Waals surface area contributed by atoms with Crippen molar-refractivity contribution >= 4 is 18.3 Å². The van der Waals surface area contributed by atoms with E-state index in [1.165, 1.54) is 11.1 Å². The Morgan fingerprint density at radius 1 is 1.17 bits per heavy atom. The molecule has 0 unspecified atom stereocenters. The van der Waals surface area contributed by atoms with Crippen LogP contribution in [0.15, 0.2) is 42.5 Å². The Morgan fingerprint density at radius 3 is 2.78 bits per heavy atom. The summed E-state index contributed by atoms with van der Waals surface area (Å²) >= 11 is 0. The van der Waals surface area contributed by atoms with Crippen LogP contribution in [-0.4, -0.2) is 12.5 Å². The number of rotatable bonds is 5. The molecule has 3 rings (SSSR count). The molecule has 2 N–H and O–H groups in total. The average molecular weight is 333 g/mol. The SMILES string of the molecule is CCOc1ccccc1C(=O)NCc1ccc2c(c1)CNC2.Cl. The van der Waals surface area contributed by atoms with Gasteiger partial charge in [-0.3, -0.25) is 4.79 Å². The lowest BCUT2D eigenvalue weighted by Crippen LogP contribution is -2.23. The molecule has 1 aliphatic heterocycles. The Hall–Kier alpha value is -2.04. The third-order valence-corrected chi connectivity index (χ3v) is 3.79. The van der Waals surface area contributed by atoms with E-state index < -0.39 is 0 Å². The molecular weight excluding hydrogens is 312 g/mol. The maximum atomic E-state index is 12.3. The maximum Gasteiger partial charge on any atom is 0.255 e. The van der Waals surface area contributed by atoms with Crippen molar-refractivity contribution < 1.29 is 9.53 Å². The second-order valence-corrected chi connectivity index (χ2v) is 5.32. The molecule has 4 nitrogen and oxygen atoms in total. The molecule has 23 heavy (non-hydrogen) atoms. The van der Waals surface area contributed by atoms with E-state index in [1.54, 1.807) is 6.07 Å². The lowest BCUT2D eigenvalue weighted by Gasteiger charge is -2.11. The molecule has 0 radical (unpaired) electrons. The molecule has 0 saturated carbocycles. The Morgan fingerprint density at radius 2 is 1.96 bits per heavy atom. The number of ether oxygens (including phenoxy) is 1. The molecule has 5 heteroatoms. The molecule has 0 bridgehead atoms. The van der Waals surface area contributed by atoms with Crippen LogP contribution in [0.4, 0.5) is 0 Å². The zero-order chi connectivity index (χ0) is 15.4. The van der Waals surface area contributed by atoms with Gasteiger partial charge in [-0.15, -0.1) is 12.4 Å². The molecule has 1 heterocycles. The molecule has 0 fully saturated rings. The molecule has 2 aromatic carbocycles. The molecule has 122 valence electrons. The van der Waals surface area contributed by atoms with E-state index in [2.05, 4.69) is 28.8 Å². The Bertz CT molecular complexity index is 688. The van der Waals surface area contributed by atoms with Crippen molar-refractivity contribution in [1.29, 1.82) is 0 Å². The Balaban J connectivity index is 0.00000192. The van der Waals surface area contributed by atoms with E-state index in [0.29, 0.717) is 24.5 Å². The van der Waals surface area contributed by atoms with Gasteiger partial charge < -0.3 is 15.4 Å². The lowest BCUT2D eigenvalue weighted by molar-refractivity contribution is 0.0947. The first-order valence-electron chi connectivity index (χ1n) is 7.59. The molecule has 0 aliphatic carbocycles. The van der Waals surface area contributed by atoms with Crippen LogP contribution in [0.3, 0.4) is 0 Å². The number of halogens is 1. The molecular formula is C18H21ClN2O2. The zero-order valence-electron chi connectivity index (χ0n) is 13.1. The Kier molecular flexibility index (Phi) is 6.02. The summed E-state index contributed by atoms with van der Waals surface area (Å²) in [5.41, 5.74) is 4.36. The summed E-state index contributed by atoms with van der Waals surface area (Å²) in [6, 6.07) is 13.7. The lowest BCUT2D eigenvalue weighted by atomic mass is 10.1. The molecule has 0 spiro atoms. The van der Waals surface area contributed by atoms with Crippen LogP contribution in [0.5, 0.6) is 5.75 Å². The van der Waals surface area contributed by atoms with Crippen LogP contribution in [0.1, 0.15) is 34.0 Å². The summed E-state index contributed by atoms with van der Waals surface area (Å²) in [5, 5.41) is 6.29. The predicted octanol–water partition coefficient (Wildman–Crippen LogP) is 3.04. The van der Waals surface area contributed by atoms with E-state index >= 15 is 0 Å². The van der Waals surface area contributed by atoms with Gasteiger partial charge >= 0.3 is 0 Å². The number of carbonyl (C=O) groups excluding carboxylic acids is 1. The third-order valence-electron chi connectivity index (χ3n) is 3.79. The van der Waals surface area contributed by atoms with Crippen LogP contribution >= 0.6 is 12.4 Å². The predicted molar refractivity (Wildman–Crippen MR) is 93.0 cm³/mol. The summed E-state index contributed by atoms with van der Waals surface area (Å²) in [6.45, 7) is 4.82. The molecule has 1 aliphatic rings. The van der Waals surface area contributed by atoms with Crippen molar-refractivity contribution in [1.82, 2.24) is 10.6 Å². The first kappa shape index (κ1) is 17.3. The first-order valence-corrected chi connectivity index (χ1v) is 7.59. The monoisotopic (exact) mass is 332 g/mol. The van der Waals surface area contributed by atoms with Crippen molar-refractivity contribution in [3.8, 4) is 5.75 Å². The summed E-state index contributed by atoms with van der Waals surface area (Å²) in [6.07, 6.45) is 0. The van der Waals surface area contributed by atoms with Crippen LogP contribution in [0.2, 0.25) is 0 Å². The van der Waals surface area contributed by atoms with E-state index in [4.69, 9.17) is 4.74 Å². The smallest absolute Gasteiger partial charge is 0.255 e. The van der Waals surface area contributed by atoms with Gasteiger partial charge in [0.1, 0.15) is 5.75 Å². The van der Waals surface area contributed by atoms with E-state index in [1.807, 2.05) is 25.1 Å². The van der Waals surface area contributed by atoms with Crippen molar-refractivity contribution in [3.05, 3.63) is 64.7 Å². The number of amides is 1. The second-order valence-electron chi connectivity index (χ2n) is 5.32. The Labute approximate surface area is 142 Å². The third kappa shape index (κ3) is 4.03. The fourth-order valence-corrected chi connectivity index (χ4v) is 2.67. The number of hydrogen-bond acceptors (Lipinski definition) is 3. The second kappa shape index (κ2) is 7.99. The van der Waals surface area contributed by atoms with Gasteiger partial charge in [0.15, 0.2) is 0 Å². The molecule has 0 saturated heterocycles. The van der Waals surface area contributed by atoms with E-state index in [-0.39, 0.29) is 18.3 Å². The number of nitrogens with one attached hydrogen (secondary N) is 2. The maximum absolute atomic E-state index is 12.3. The fraction of sp³-hybridized carbons (Fsp3) is 0.278. The highest BCUT2D eigenvalue weighted by Gasteiger charge is 2.13. The van der Waals surface area contributed by atoms with Gasteiger partial charge in [0, 0.05) is 19.6 Å². The average Bonchev–Trinajstić information content (AvgIpc) is 3.01. The normalized spacial score (nSPS) is 12.2. The van der Waals surface area contributed by atoms with Crippen molar-refractivity contribution in [2.45, 2.75) is 26.6 Å². The molecule has 0 atom stereocenters. The molecule has 0 aromatic heterocycles. The number of para-hydroxylation sites is 1. The zero-order valence-corrected chi connectivity index (χ0v) is 13.9. The van der Waals surface area contributed by atoms with Gasteiger partial charge in [-0.25, -0.2) is 0 Å². The van der Waals surface area contributed by atoms with Crippen molar-refractivity contribution in [3.63, 3.8) is 0 Å². The van der Waals surface area contributed by atoms with Crippen LogP contribution in [0.25, 0.3) is 0 Å². The minimum Gasteiger partial charge on any atom is -0.493 e.